The Labute approximate surface area is 164 Å². The fourth-order valence-electron chi connectivity index (χ4n) is 3.98. The van der Waals surface area contributed by atoms with Crippen LogP contribution in [0.2, 0.25) is 0 Å². The maximum Gasteiger partial charge on any atom is 0.213 e. The van der Waals surface area contributed by atoms with Crippen LogP contribution in [-0.2, 0) is 4.79 Å². The van der Waals surface area contributed by atoms with E-state index in [0.29, 0.717) is 18.0 Å². The molecule has 5 nitrogen and oxygen atoms in total. The highest BCUT2D eigenvalue weighted by atomic mass is 16.1. The van der Waals surface area contributed by atoms with Gasteiger partial charge >= 0.3 is 0 Å². The lowest BCUT2D eigenvalue weighted by Crippen LogP contribution is -2.29. The Morgan fingerprint density at radius 3 is 2.57 bits per heavy atom. The zero-order chi connectivity index (χ0) is 19.3. The Balaban J connectivity index is 1.72. The van der Waals surface area contributed by atoms with E-state index in [1.54, 1.807) is 0 Å². The molecule has 2 aromatic carbocycles. The first kappa shape index (κ1) is 18.2. The van der Waals surface area contributed by atoms with Gasteiger partial charge in [0.15, 0.2) is 5.96 Å². The van der Waals surface area contributed by atoms with Crippen molar-refractivity contribution in [3.8, 4) is 11.3 Å². The molecule has 3 aromatic rings. The molecule has 0 bridgehead atoms. The quantitative estimate of drug-likeness (QED) is 0.398. The Morgan fingerprint density at radius 1 is 1.07 bits per heavy atom. The molecule has 0 atom stereocenters. The van der Waals surface area contributed by atoms with Crippen molar-refractivity contribution >= 4 is 29.0 Å². The van der Waals surface area contributed by atoms with Crippen LogP contribution in [0.15, 0.2) is 59.6 Å². The van der Waals surface area contributed by atoms with Gasteiger partial charge in [-0.15, -0.1) is 0 Å². The standard InChI is InChI=1S/C23H24N4O/c24-23(25-15-28)27-22-14-21(26-20-9-5-4-8-19(20)22)18-12-10-17(11-13-18)16-6-2-1-3-7-16/h4-5,8-16H,1-3,6-7H2,(H3,24,25,26,27,28). The molecule has 1 aromatic heterocycles. The maximum atomic E-state index is 10.6. The van der Waals surface area contributed by atoms with E-state index in [1.807, 2.05) is 30.3 Å². The number of guanidine groups is 1. The van der Waals surface area contributed by atoms with Crippen molar-refractivity contribution in [1.29, 1.82) is 0 Å². The van der Waals surface area contributed by atoms with E-state index in [2.05, 4.69) is 34.6 Å². The Morgan fingerprint density at radius 2 is 1.82 bits per heavy atom. The van der Waals surface area contributed by atoms with Crippen molar-refractivity contribution in [3.05, 3.63) is 60.2 Å². The van der Waals surface area contributed by atoms with E-state index in [0.717, 1.165) is 22.2 Å². The summed E-state index contributed by atoms with van der Waals surface area (Å²) >= 11 is 0. The molecule has 1 heterocycles. The first-order chi connectivity index (χ1) is 13.7. The Hall–Kier alpha value is -3.21. The highest BCUT2D eigenvalue weighted by molar-refractivity contribution is 5.97. The average Bonchev–Trinajstić information content (AvgIpc) is 2.74. The number of carbonyl (C=O) groups excluding carboxylic acids is 1. The first-order valence-corrected chi connectivity index (χ1v) is 9.79. The number of nitrogens with one attached hydrogen (secondary N) is 1. The monoisotopic (exact) mass is 372 g/mol. The third-order valence-corrected chi connectivity index (χ3v) is 5.43. The van der Waals surface area contributed by atoms with E-state index >= 15 is 0 Å². The van der Waals surface area contributed by atoms with Crippen LogP contribution in [0, 0.1) is 0 Å². The summed E-state index contributed by atoms with van der Waals surface area (Å²) in [7, 11) is 0. The molecule has 1 fully saturated rings. The Kier molecular flexibility index (Phi) is 5.33. The maximum absolute atomic E-state index is 10.6. The molecule has 142 valence electrons. The normalized spacial score (nSPS) is 15.5. The molecule has 0 radical (unpaired) electrons. The van der Waals surface area contributed by atoms with Gasteiger partial charge in [-0.25, -0.2) is 9.98 Å². The summed E-state index contributed by atoms with van der Waals surface area (Å²) in [4.78, 5) is 19.8. The number of hydrogen-bond acceptors (Lipinski definition) is 3. The zero-order valence-electron chi connectivity index (χ0n) is 15.8. The number of benzene rings is 2. The summed E-state index contributed by atoms with van der Waals surface area (Å²) in [6.45, 7) is 0. The first-order valence-electron chi connectivity index (χ1n) is 9.79. The summed E-state index contributed by atoms with van der Waals surface area (Å²) in [5.74, 6) is 0.742. The summed E-state index contributed by atoms with van der Waals surface area (Å²) < 4.78 is 0. The smallest absolute Gasteiger partial charge is 0.213 e. The second-order valence-electron chi connectivity index (χ2n) is 7.26. The molecule has 5 heteroatoms. The van der Waals surface area contributed by atoms with Crippen molar-refractivity contribution in [2.24, 2.45) is 10.7 Å². The van der Waals surface area contributed by atoms with E-state index < -0.39 is 0 Å². The molecule has 0 unspecified atom stereocenters. The van der Waals surface area contributed by atoms with Gasteiger partial charge in [-0.05, 0) is 36.5 Å². The van der Waals surface area contributed by atoms with E-state index in [1.165, 1.54) is 37.7 Å². The van der Waals surface area contributed by atoms with Crippen LogP contribution in [0.1, 0.15) is 43.6 Å². The van der Waals surface area contributed by atoms with Gasteiger partial charge in [-0.1, -0.05) is 61.7 Å². The Bertz CT molecular complexity index is 1000. The van der Waals surface area contributed by atoms with Crippen molar-refractivity contribution in [2.75, 3.05) is 0 Å². The minimum absolute atomic E-state index is 0.0601. The lowest BCUT2D eigenvalue weighted by atomic mass is 9.84. The summed E-state index contributed by atoms with van der Waals surface area (Å²) in [5, 5.41) is 3.28. The number of nitrogens with two attached hydrogens (primary N) is 1. The largest absolute Gasteiger partial charge is 0.369 e. The number of para-hydroxylation sites is 1. The second kappa shape index (κ2) is 8.21. The summed E-state index contributed by atoms with van der Waals surface area (Å²) in [6, 6.07) is 18.4. The number of rotatable bonds is 4. The van der Waals surface area contributed by atoms with Crippen LogP contribution in [0.4, 0.5) is 5.69 Å². The van der Waals surface area contributed by atoms with Crippen LogP contribution in [0.25, 0.3) is 22.2 Å². The molecule has 4 rings (SSSR count). The molecule has 1 aliphatic carbocycles. The molecule has 3 N–H and O–H groups in total. The van der Waals surface area contributed by atoms with E-state index in [-0.39, 0.29) is 5.96 Å². The fraction of sp³-hybridized carbons (Fsp3) is 0.261. The minimum atomic E-state index is 0.0601. The third kappa shape index (κ3) is 3.88. The van der Waals surface area contributed by atoms with Crippen LogP contribution in [-0.4, -0.2) is 17.4 Å². The molecule has 1 amide bonds. The fourth-order valence-corrected chi connectivity index (χ4v) is 3.98. The van der Waals surface area contributed by atoms with E-state index in [4.69, 9.17) is 10.7 Å². The van der Waals surface area contributed by atoms with Gasteiger partial charge in [0.05, 0.1) is 16.9 Å². The molecule has 0 aliphatic heterocycles. The number of pyridine rings is 1. The molecular weight excluding hydrogens is 348 g/mol. The van der Waals surface area contributed by atoms with Crippen molar-refractivity contribution < 1.29 is 4.79 Å². The predicted molar refractivity (Wildman–Crippen MR) is 113 cm³/mol. The molecular formula is C23H24N4O. The number of amides is 1. The predicted octanol–water partition coefficient (Wildman–Crippen LogP) is 4.64. The molecule has 28 heavy (non-hydrogen) atoms. The number of aromatic nitrogens is 1. The van der Waals surface area contributed by atoms with Gasteiger partial charge in [0.1, 0.15) is 0 Å². The van der Waals surface area contributed by atoms with Crippen LogP contribution in [0.3, 0.4) is 0 Å². The highest BCUT2D eigenvalue weighted by Gasteiger charge is 2.15. The van der Waals surface area contributed by atoms with Crippen LogP contribution < -0.4 is 11.1 Å². The van der Waals surface area contributed by atoms with Crippen LogP contribution in [0.5, 0.6) is 0 Å². The average molecular weight is 372 g/mol. The van der Waals surface area contributed by atoms with Gasteiger partial charge in [-0.2, -0.15) is 0 Å². The van der Waals surface area contributed by atoms with Gasteiger partial charge in [0.2, 0.25) is 6.41 Å². The van der Waals surface area contributed by atoms with Gasteiger partial charge in [0, 0.05) is 10.9 Å². The number of carbonyl (C=O) groups is 1. The third-order valence-electron chi connectivity index (χ3n) is 5.43. The van der Waals surface area contributed by atoms with Gasteiger partial charge < -0.3 is 5.73 Å². The van der Waals surface area contributed by atoms with Crippen molar-refractivity contribution in [3.63, 3.8) is 0 Å². The molecule has 0 saturated heterocycles. The van der Waals surface area contributed by atoms with Crippen molar-refractivity contribution in [1.82, 2.24) is 10.3 Å². The lowest BCUT2D eigenvalue weighted by Gasteiger charge is -2.22. The van der Waals surface area contributed by atoms with Gasteiger partial charge in [-0.3, -0.25) is 10.1 Å². The second-order valence-corrected chi connectivity index (χ2v) is 7.26. The molecule has 1 saturated carbocycles. The van der Waals surface area contributed by atoms with Crippen LogP contribution >= 0.6 is 0 Å². The van der Waals surface area contributed by atoms with Crippen molar-refractivity contribution in [2.45, 2.75) is 38.0 Å². The lowest BCUT2D eigenvalue weighted by molar-refractivity contribution is -0.108. The summed E-state index contributed by atoms with van der Waals surface area (Å²) in [6.07, 6.45) is 7.12. The van der Waals surface area contributed by atoms with Gasteiger partial charge in [0.25, 0.3) is 0 Å². The SMILES string of the molecule is NC(=Nc1cc(-c2ccc(C3CCCCC3)cc2)nc2ccccc12)NC=O. The topological polar surface area (TPSA) is 80.4 Å². The molecule has 1 aliphatic rings. The number of fused-ring (bicyclic) bond motifs is 1. The zero-order valence-corrected chi connectivity index (χ0v) is 15.8. The molecule has 0 spiro atoms. The number of nitrogens with zero attached hydrogens (tertiary/aromatic N) is 2. The number of aliphatic imine (C=N–C) groups is 1. The minimum Gasteiger partial charge on any atom is -0.369 e. The van der Waals surface area contributed by atoms with E-state index in [9.17, 15) is 4.79 Å². The summed E-state index contributed by atoms with van der Waals surface area (Å²) in [5.41, 5.74) is 10.6. The number of hydrogen-bond donors (Lipinski definition) is 2. The highest BCUT2D eigenvalue weighted by Crippen LogP contribution is 2.34.